The minimum absolute atomic E-state index is 0.236. The molecular formula is C19H16FN3O. The van der Waals surface area contributed by atoms with E-state index in [1.54, 1.807) is 18.2 Å². The number of nitrogens with one attached hydrogen (secondary N) is 2. The fourth-order valence-electron chi connectivity index (χ4n) is 2.95. The fraction of sp³-hybridized carbons (Fsp3) is 0.158. The number of fused-ring (bicyclic) bond motifs is 2. The quantitative estimate of drug-likeness (QED) is 0.780. The molecule has 24 heavy (non-hydrogen) atoms. The number of rotatable bonds is 3. The molecule has 4 rings (SSSR count). The summed E-state index contributed by atoms with van der Waals surface area (Å²) in [6, 6.07) is 13.9. The molecule has 5 heteroatoms. The molecule has 120 valence electrons. The van der Waals surface area contributed by atoms with Crippen molar-refractivity contribution in [3.8, 4) is 0 Å². The molecule has 0 unspecified atom stereocenters. The minimum atomic E-state index is -0.312. The van der Waals surface area contributed by atoms with Gasteiger partial charge in [0, 0.05) is 25.0 Å². The van der Waals surface area contributed by atoms with Crippen LogP contribution in [-0.2, 0) is 19.6 Å². The molecule has 0 bridgehead atoms. The Kier molecular flexibility index (Phi) is 3.70. The zero-order valence-corrected chi connectivity index (χ0v) is 13.0. The highest BCUT2D eigenvalue weighted by Crippen LogP contribution is 2.17. The van der Waals surface area contributed by atoms with Gasteiger partial charge in [0.25, 0.3) is 5.91 Å². The highest BCUT2D eigenvalue weighted by molar-refractivity contribution is 5.94. The lowest BCUT2D eigenvalue weighted by molar-refractivity contribution is 0.0946. The van der Waals surface area contributed by atoms with Gasteiger partial charge in [0.1, 0.15) is 11.5 Å². The molecule has 1 aromatic heterocycles. The number of carbonyl (C=O) groups excluding carboxylic acids is 1. The first-order valence-corrected chi connectivity index (χ1v) is 7.85. The van der Waals surface area contributed by atoms with Crippen molar-refractivity contribution < 1.29 is 9.18 Å². The van der Waals surface area contributed by atoms with Crippen LogP contribution in [0.15, 0.2) is 48.5 Å². The summed E-state index contributed by atoms with van der Waals surface area (Å²) in [5.74, 6) is -0.549. The highest BCUT2D eigenvalue weighted by atomic mass is 19.1. The van der Waals surface area contributed by atoms with Gasteiger partial charge in [0.05, 0.1) is 5.52 Å². The van der Waals surface area contributed by atoms with E-state index >= 15 is 0 Å². The Hall–Kier alpha value is -2.79. The predicted molar refractivity (Wildman–Crippen MR) is 89.9 cm³/mol. The Labute approximate surface area is 138 Å². The van der Waals surface area contributed by atoms with E-state index in [-0.39, 0.29) is 11.7 Å². The summed E-state index contributed by atoms with van der Waals surface area (Å²) in [5.41, 5.74) is 4.60. The lowest BCUT2D eigenvalue weighted by Gasteiger charge is -2.07. The normalized spacial score (nSPS) is 13.0. The third-order valence-corrected chi connectivity index (χ3v) is 4.24. The van der Waals surface area contributed by atoms with Gasteiger partial charge >= 0.3 is 0 Å². The van der Waals surface area contributed by atoms with E-state index < -0.39 is 0 Å². The van der Waals surface area contributed by atoms with Crippen LogP contribution in [0.5, 0.6) is 0 Å². The summed E-state index contributed by atoms with van der Waals surface area (Å²) >= 11 is 0. The van der Waals surface area contributed by atoms with Gasteiger partial charge in [-0.3, -0.25) is 4.79 Å². The van der Waals surface area contributed by atoms with E-state index in [9.17, 15) is 9.18 Å². The van der Waals surface area contributed by atoms with Crippen molar-refractivity contribution in [1.29, 1.82) is 0 Å². The van der Waals surface area contributed by atoms with Crippen molar-refractivity contribution in [3.63, 3.8) is 0 Å². The van der Waals surface area contributed by atoms with Gasteiger partial charge in [-0.1, -0.05) is 24.3 Å². The molecule has 0 saturated carbocycles. The number of halogens is 1. The summed E-state index contributed by atoms with van der Waals surface area (Å²) in [5, 5.41) is 6.87. The van der Waals surface area contributed by atoms with Gasteiger partial charge in [0.15, 0.2) is 0 Å². The van der Waals surface area contributed by atoms with Crippen molar-refractivity contribution in [2.45, 2.75) is 19.6 Å². The van der Waals surface area contributed by atoms with E-state index in [0.717, 1.165) is 18.7 Å². The van der Waals surface area contributed by atoms with Crippen LogP contribution >= 0.6 is 0 Å². The van der Waals surface area contributed by atoms with Gasteiger partial charge in [-0.05, 0) is 41.0 Å². The van der Waals surface area contributed by atoms with E-state index in [4.69, 9.17) is 0 Å². The zero-order chi connectivity index (χ0) is 16.5. The van der Waals surface area contributed by atoms with E-state index in [1.165, 1.54) is 23.3 Å². The minimum Gasteiger partial charge on any atom is -0.347 e. The van der Waals surface area contributed by atoms with Gasteiger partial charge < -0.3 is 10.6 Å². The summed E-state index contributed by atoms with van der Waals surface area (Å²) in [6.07, 6.45) is 0. The molecule has 0 atom stereocenters. The smallest absolute Gasteiger partial charge is 0.270 e. The van der Waals surface area contributed by atoms with E-state index in [2.05, 4.69) is 27.8 Å². The van der Waals surface area contributed by atoms with Crippen LogP contribution in [-0.4, -0.2) is 10.9 Å². The Balaban J connectivity index is 1.49. The predicted octanol–water partition coefficient (Wildman–Crippen LogP) is 2.91. The van der Waals surface area contributed by atoms with Crippen LogP contribution < -0.4 is 10.6 Å². The van der Waals surface area contributed by atoms with Crippen LogP contribution in [0, 0.1) is 5.82 Å². The van der Waals surface area contributed by atoms with Crippen molar-refractivity contribution in [2.75, 3.05) is 0 Å². The van der Waals surface area contributed by atoms with Crippen LogP contribution in [0.1, 0.15) is 27.2 Å². The molecule has 2 N–H and O–H groups in total. The first-order chi connectivity index (χ1) is 11.7. The number of benzene rings is 2. The van der Waals surface area contributed by atoms with Gasteiger partial charge in [0.2, 0.25) is 0 Å². The number of carbonyl (C=O) groups is 1. The largest absolute Gasteiger partial charge is 0.347 e. The summed E-state index contributed by atoms with van der Waals surface area (Å²) in [7, 11) is 0. The highest BCUT2D eigenvalue weighted by Gasteiger charge is 2.12. The molecule has 0 aliphatic carbocycles. The summed E-state index contributed by atoms with van der Waals surface area (Å²) in [6.45, 7) is 2.23. The standard InChI is InChI=1S/C19H16FN3O/c20-16-4-6-17-13(8-16)3-5-18(23-17)19(24)22-9-12-1-2-14-10-21-11-15(14)7-12/h1-8,21H,9-11H2,(H,22,24). The molecule has 1 aliphatic rings. The maximum atomic E-state index is 13.2. The zero-order valence-electron chi connectivity index (χ0n) is 13.0. The Bertz CT molecular complexity index is 939. The third kappa shape index (κ3) is 2.86. The summed E-state index contributed by atoms with van der Waals surface area (Å²) in [4.78, 5) is 16.6. The van der Waals surface area contributed by atoms with Crippen molar-refractivity contribution >= 4 is 16.8 Å². The first-order valence-electron chi connectivity index (χ1n) is 7.85. The number of hydrogen-bond donors (Lipinski definition) is 2. The SMILES string of the molecule is O=C(NCc1ccc2c(c1)CNC2)c1ccc2cc(F)ccc2n1. The number of aromatic nitrogens is 1. The maximum absolute atomic E-state index is 13.2. The van der Waals surface area contributed by atoms with Gasteiger partial charge in [-0.25, -0.2) is 9.37 Å². The van der Waals surface area contributed by atoms with Crippen LogP contribution in [0.2, 0.25) is 0 Å². The molecule has 0 radical (unpaired) electrons. The number of nitrogens with zero attached hydrogens (tertiary/aromatic N) is 1. The number of amides is 1. The van der Waals surface area contributed by atoms with Gasteiger partial charge in [-0.2, -0.15) is 0 Å². The maximum Gasteiger partial charge on any atom is 0.270 e. The topological polar surface area (TPSA) is 54.0 Å². The Morgan fingerprint density at radius 1 is 1.08 bits per heavy atom. The molecule has 0 fully saturated rings. The van der Waals surface area contributed by atoms with E-state index in [1.807, 2.05) is 6.07 Å². The molecule has 0 spiro atoms. The Morgan fingerprint density at radius 2 is 1.96 bits per heavy atom. The molecule has 2 heterocycles. The molecule has 1 amide bonds. The van der Waals surface area contributed by atoms with Crippen LogP contribution in [0.25, 0.3) is 10.9 Å². The second-order valence-corrected chi connectivity index (χ2v) is 5.92. The third-order valence-electron chi connectivity index (χ3n) is 4.24. The van der Waals surface area contributed by atoms with Crippen LogP contribution in [0.4, 0.5) is 4.39 Å². The molecule has 3 aromatic rings. The van der Waals surface area contributed by atoms with E-state index in [0.29, 0.717) is 23.1 Å². The molecule has 2 aromatic carbocycles. The average Bonchev–Trinajstić information content (AvgIpc) is 3.07. The average molecular weight is 321 g/mol. The van der Waals surface area contributed by atoms with Gasteiger partial charge in [-0.15, -0.1) is 0 Å². The second kappa shape index (κ2) is 6.02. The summed E-state index contributed by atoms with van der Waals surface area (Å²) < 4.78 is 13.2. The van der Waals surface area contributed by atoms with Crippen molar-refractivity contribution in [2.24, 2.45) is 0 Å². The lowest BCUT2D eigenvalue weighted by atomic mass is 10.1. The molecular weight excluding hydrogens is 305 g/mol. The number of pyridine rings is 1. The monoisotopic (exact) mass is 321 g/mol. The Morgan fingerprint density at radius 3 is 2.88 bits per heavy atom. The van der Waals surface area contributed by atoms with Crippen LogP contribution in [0.3, 0.4) is 0 Å². The van der Waals surface area contributed by atoms with Crippen molar-refractivity contribution in [1.82, 2.24) is 15.6 Å². The second-order valence-electron chi connectivity index (χ2n) is 5.92. The fourth-order valence-corrected chi connectivity index (χ4v) is 2.95. The number of hydrogen-bond acceptors (Lipinski definition) is 3. The first kappa shape index (κ1) is 14.8. The molecule has 4 nitrogen and oxygen atoms in total. The van der Waals surface area contributed by atoms with Crippen molar-refractivity contribution in [3.05, 3.63) is 76.7 Å². The lowest BCUT2D eigenvalue weighted by Crippen LogP contribution is -2.23. The molecule has 0 saturated heterocycles. The molecule has 1 aliphatic heterocycles.